The summed E-state index contributed by atoms with van der Waals surface area (Å²) in [6, 6.07) is 0.123. The molecule has 1 atom stereocenters. The Bertz CT molecular complexity index is 430. The number of hydrogen-bond acceptors (Lipinski definition) is 7. The van der Waals surface area contributed by atoms with Gasteiger partial charge in [-0.25, -0.2) is 4.98 Å². The minimum atomic E-state index is -0.477. The quantitative estimate of drug-likeness (QED) is 0.430. The Morgan fingerprint density at radius 1 is 1.58 bits per heavy atom. The molecule has 1 heterocycles. The summed E-state index contributed by atoms with van der Waals surface area (Å²) in [5.74, 6) is 2.72. The first-order valence-electron chi connectivity index (χ1n) is 6.12. The van der Waals surface area contributed by atoms with E-state index in [1.165, 1.54) is 6.20 Å². The lowest BCUT2D eigenvalue weighted by molar-refractivity contribution is -0.384. The number of nitro groups is 1. The molecule has 8 heteroatoms. The Kier molecular flexibility index (Phi) is 6.34. The third kappa shape index (κ3) is 4.90. The van der Waals surface area contributed by atoms with Crippen molar-refractivity contribution in [3.8, 4) is 0 Å². The van der Waals surface area contributed by atoms with Crippen LogP contribution in [0, 0.1) is 10.1 Å². The number of nitrogens with zero attached hydrogens (tertiary/aromatic N) is 3. The van der Waals surface area contributed by atoms with Crippen molar-refractivity contribution in [3.63, 3.8) is 0 Å². The van der Waals surface area contributed by atoms with Crippen LogP contribution in [0.5, 0.6) is 0 Å². The van der Waals surface area contributed by atoms with Gasteiger partial charge in [-0.05, 0) is 24.9 Å². The van der Waals surface area contributed by atoms with Crippen molar-refractivity contribution in [1.29, 1.82) is 0 Å². The van der Waals surface area contributed by atoms with Crippen LogP contribution >= 0.6 is 11.8 Å². The van der Waals surface area contributed by atoms with Crippen molar-refractivity contribution in [1.82, 2.24) is 9.97 Å². The smallest absolute Gasteiger partial charge is 0.329 e. The minimum Gasteiger partial charge on any atom is -0.362 e. The first-order valence-corrected chi connectivity index (χ1v) is 7.27. The average molecular weight is 285 g/mol. The van der Waals surface area contributed by atoms with Crippen LogP contribution in [0.15, 0.2) is 6.20 Å². The van der Waals surface area contributed by atoms with Gasteiger partial charge in [-0.3, -0.25) is 10.1 Å². The van der Waals surface area contributed by atoms with Gasteiger partial charge in [-0.1, -0.05) is 6.92 Å². The van der Waals surface area contributed by atoms with E-state index in [4.69, 9.17) is 0 Å². The Balaban J connectivity index is 2.76. The predicted molar refractivity (Wildman–Crippen MR) is 78.9 cm³/mol. The zero-order chi connectivity index (χ0) is 14.3. The summed E-state index contributed by atoms with van der Waals surface area (Å²) >= 11 is 1.85. The third-order valence-corrected chi connectivity index (χ3v) is 3.40. The summed E-state index contributed by atoms with van der Waals surface area (Å²) < 4.78 is 0. The van der Waals surface area contributed by atoms with Gasteiger partial charge in [0.15, 0.2) is 0 Å². The first kappa shape index (κ1) is 15.5. The number of thioether (sulfide) groups is 1. The highest BCUT2D eigenvalue weighted by molar-refractivity contribution is 7.99. The molecule has 19 heavy (non-hydrogen) atoms. The van der Waals surface area contributed by atoms with Crippen molar-refractivity contribution >= 4 is 29.2 Å². The lowest BCUT2D eigenvalue weighted by Crippen LogP contribution is -2.18. The molecule has 0 amide bonds. The molecule has 1 aromatic heterocycles. The Hall–Kier alpha value is -1.57. The summed E-state index contributed by atoms with van der Waals surface area (Å²) in [6.07, 6.45) is 2.14. The molecule has 0 aromatic carbocycles. The topological polar surface area (TPSA) is 93.0 Å². The molecule has 0 saturated heterocycles. The minimum absolute atomic E-state index is 0.103. The van der Waals surface area contributed by atoms with E-state index in [1.807, 2.05) is 18.7 Å². The van der Waals surface area contributed by atoms with Crippen LogP contribution in [0.4, 0.5) is 17.5 Å². The molecular weight excluding hydrogens is 266 g/mol. The van der Waals surface area contributed by atoms with Crippen molar-refractivity contribution in [2.45, 2.75) is 26.3 Å². The summed E-state index contributed by atoms with van der Waals surface area (Å²) in [4.78, 5) is 18.4. The SMILES string of the molecule is CCSCCC(C)Nc1nc(NC)ncc1[N+](=O)[O-]. The third-order valence-electron chi connectivity index (χ3n) is 2.47. The fraction of sp³-hybridized carbons (Fsp3) is 0.636. The molecule has 0 saturated carbocycles. The first-order chi connectivity index (χ1) is 9.08. The van der Waals surface area contributed by atoms with Crippen LogP contribution in [0.25, 0.3) is 0 Å². The highest BCUT2D eigenvalue weighted by Gasteiger charge is 2.18. The summed E-state index contributed by atoms with van der Waals surface area (Å²) in [5.41, 5.74) is -0.103. The highest BCUT2D eigenvalue weighted by Crippen LogP contribution is 2.23. The van der Waals surface area contributed by atoms with E-state index in [9.17, 15) is 10.1 Å². The van der Waals surface area contributed by atoms with Crippen molar-refractivity contribution < 1.29 is 4.92 Å². The summed E-state index contributed by atoms with van der Waals surface area (Å²) in [7, 11) is 1.67. The molecule has 106 valence electrons. The molecule has 0 spiro atoms. The molecular formula is C11H19N5O2S. The number of hydrogen-bond donors (Lipinski definition) is 2. The van der Waals surface area contributed by atoms with Crippen LogP contribution in [-0.4, -0.2) is 39.5 Å². The van der Waals surface area contributed by atoms with Crippen LogP contribution < -0.4 is 10.6 Å². The largest absolute Gasteiger partial charge is 0.362 e. The van der Waals surface area contributed by atoms with E-state index < -0.39 is 4.92 Å². The molecule has 0 fully saturated rings. The van der Waals surface area contributed by atoms with Crippen molar-refractivity contribution in [3.05, 3.63) is 16.3 Å². The summed E-state index contributed by atoms with van der Waals surface area (Å²) in [5, 5.41) is 16.8. The monoisotopic (exact) mass is 285 g/mol. The molecule has 0 bridgehead atoms. The molecule has 0 radical (unpaired) electrons. The second-order valence-electron chi connectivity index (χ2n) is 3.97. The van der Waals surface area contributed by atoms with E-state index in [0.717, 1.165) is 17.9 Å². The van der Waals surface area contributed by atoms with E-state index in [2.05, 4.69) is 27.5 Å². The van der Waals surface area contributed by atoms with Gasteiger partial charge in [-0.15, -0.1) is 0 Å². The fourth-order valence-electron chi connectivity index (χ4n) is 1.45. The van der Waals surface area contributed by atoms with Gasteiger partial charge in [0.1, 0.15) is 6.20 Å². The van der Waals surface area contributed by atoms with Gasteiger partial charge in [0, 0.05) is 13.1 Å². The second kappa shape index (κ2) is 7.78. The second-order valence-corrected chi connectivity index (χ2v) is 5.36. The lowest BCUT2D eigenvalue weighted by Gasteiger charge is -2.14. The van der Waals surface area contributed by atoms with Crippen molar-refractivity contribution in [2.24, 2.45) is 0 Å². The summed E-state index contributed by atoms with van der Waals surface area (Å²) in [6.45, 7) is 4.10. The van der Waals surface area contributed by atoms with Gasteiger partial charge in [0.05, 0.1) is 4.92 Å². The van der Waals surface area contributed by atoms with E-state index in [1.54, 1.807) is 7.05 Å². The number of anilines is 2. The molecule has 0 aliphatic rings. The average Bonchev–Trinajstić information content (AvgIpc) is 2.38. The van der Waals surface area contributed by atoms with Crippen LogP contribution in [-0.2, 0) is 0 Å². The zero-order valence-electron chi connectivity index (χ0n) is 11.3. The standard InChI is InChI=1S/C11H19N5O2S/c1-4-19-6-5-8(2)14-10-9(16(17)18)7-13-11(12-3)15-10/h7-8H,4-6H2,1-3H3,(H2,12,13,14,15). The maximum absolute atomic E-state index is 10.9. The van der Waals surface area contributed by atoms with Crippen LogP contribution in [0.3, 0.4) is 0 Å². The maximum Gasteiger partial charge on any atom is 0.329 e. The molecule has 0 aliphatic heterocycles. The van der Waals surface area contributed by atoms with Crippen LogP contribution in [0.2, 0.25) is 0 Å². The zero-order valence-corrected chi connectivity index (χ0v) is 12.2. The molecule has 2 N–H and O–H groups in total. The Labute approximate surface area is 116 Å². The molecule has 0 aliphatic carbocycles. The molecule has 1 unspecified atom stereocenters. The van der Waals surface area contributed by atoms with Gasteiger partial charge in [0.2, 0.25) is 11.8 Å². The van der Waals surface area contributed by atoms with Gasteiger partial charge < -0.3 is 10.6 Å². The van der Waals surface area contributed by atoms with Crippen molar-refractivity contribution in [2.75, 3.05) is 29.2 Å². The Morgan fingerprint density at radius 3 is 2.89 bits per heavy atom. The van der Waals surface area contributed by atoms with Crippen LogP contribution in [0.1, 0.15) is 20.3 Å². The Morgan fingerprint density at radius 2 is 2.32 bits per heavy atom. The van der Waals surface area contributed by atoms with E-state index in [0.29, 0.717) is 5.95 Å². The van der Waals surface area contributed by atoms with E-state index >= 15 is 0 Å². The van der Waals surface area contributed by atoms with Gasteiger partial charge in [0.25, 0.3) is 0 Å². The van der Waals surface area contributed by atoms with E-state index in [-0.39, 0.29) is 17.5 Å². The predicted octanol–water partition coefficient (Wildman–Crippen LogP) is 2.37. The molecule has 7 nitrogen and oxygen atoms in total. The fourth-order valence-corrected chi connectivity index (χ4v) is 2.25. The lowest BCUT2D eigenvalue weighted by atomic mass is 10.2. The maximum atomic E-state index is 10.9. The number of nitrogens with one attached hydrogen (secondary N) is 2. The van der Waals surface area contributed by atoms with Gasteiger partial charge >= 0.3 is 5.69 Å². The molecule has 1 aromatic rings. The molecule has 1 rings (SSSR count). The highest BCUT2D eigenvalue weighted by atomic mass is 32.2. The van der Waals surface area contributed by atoms with Gasteiger partial charge in [-0.2, -0.15) is 16.7 Å². The number of aromatic nitrogens is 2. The normalized spacial score (nSPS) is 11.9. The number of rotatable bonds is 8.